The summed E-state index contributed by atoms with van der Waals surface area (Å²) in [5, 5.41) is 0. The molecule has 82 valence electrons. The van der Waals surface area contributed by atoms with Crippen LogP contribution in [-0.4, -0.2) is 43.6 Å². The Morgan fingerprint density at radius 2 is 1.75 bits per heavy atom. The Balaban J connectivity index is 2.35. The van der Waals surface area contributed by atoms with E-state index in [-0.39, 0.29) is 0 Å². The number of hydrogen-bond donors (Lipinski definition) is 0. The van der Waals surface area contributed by atoms with Gasteiger partial charge in [0.05, 0.1) is 7.05 Å². The highest BCUT2D eigenvalue weighted by atomic mass is 15.3. The summed E-state index contributed by atoms with van der Waals surface area (Å²) in [7, 11) is 4.28. The van der Waals surface area contributed by atoms with Gasteiger partial charge in [0.15, 0.2) is 0 Å². The molecule has 0 N–H and O–H groups in total. The third-order valence-electron chi connectivity index (χ3n) is 3.53. The van der Waals surface area contributed by atoms with Crippen molar-refractivity contribution in [2.24, 2.45) is 0 Å². The predicted octanol–water partition coefficient (Wildman–Crippen LogP) is 1.34. The van der Waals surface area contributed by atoms with E-state index in [0.717, 1.165) is 0 Å². The predicted molar refractivity (Wildman–Crippen MR) is 72.2 cm³/mol. The summed E-state index contributed by atoms with van der Waals surface area (Å²) in [4.78, 5) is 2.29. The van der Waals surface area contributed by atoms with Gasteiger partial charge in [-0.15, -0.1) is 0 Å². The van der Waals surface area contributed by atoms with Gasteiger partial charge in [-0.3, -0.25) is 4.81 Å². The fourth-order valence-corrected chi connectivity index (χ4v) is 2.07. The smallest absolute Gasteiger partial charge is 0.321 e. The largest absolute Gasteiger partial charge is 0.456 e. The SMILES string of the molecule is CB1N(C)B(C)[N+](C)=CN1c1ccccc1. The first-order valence-electron chi connectivity index (χ1n) is 5.73. The zero-order valence-corrected chi connectivity index (χ0v) is 10.5. The molecule has 3 nitrogen and oxygen atoms in total. The third kappa shape index (κ3) is 1.87. The lowest BCUT2D eigenvalue weighted by Gasteiger charge is -2.32. The van der Waals surface area contributed by atoms with Crippen LogP contribution in [0.1, 0.15) is 0 Å². The van der Waals surface area contributed by atoms with E-state index in [9.17, 15) is 0 Å². The number of para-hydroxylation sites is 1. The van der Waals surface area contributed by atoms with Crippen molar-refractivity contribution in [2.75, 3.05) is 18.9 Å². The van der Waals surface area contributed by atoms with Crippen LogP contribution in [0, 0.1) is 0 Å². The van der Waals surface area contributed by atoms with E-state index in [1.807, 2.05) is 6.07 Å². The van der Waals surface area contributed by atoms with Crippen molar-refractivity contribution in [1.29, 1.82) is 0 Å². The number of anilines is 1. The van der Waals surface area contributed by atoms with Crippen LogP contribution in [-0.2, 0) is 0 Å². The summed E-state index contributed by atoms with van der Waals surface area (Å²) in [6.45, 7) is 5.27. The van der Waals surface area contributed by atoms with Crippen LogP contribution in [0.3, 0.4) is 0 Å². The molecule has 2 rings (SSSR count). The van der Waals surface area contributed by atoms with E-state index in [1.165, 1.54) is 5.69 Å². The minimum absolute atomic E-state index is 0.383. The first-order chi connectivity index (χ1) is 7.61. The summed E-state index contributed by atoms with van der Waals surface area (Å²) >= 11 is 0. The van der Waals surface area contributed by atoms with Crippen LogP contribution in [0.2, 0.25) is 13.6 Å². The summed E-state index contributed by atoms with van der Waals surface area (Å²) in [6, 6.07) is 10.5. The molecule has 1 heterocycles. The Morgan fingerprint density at radius 1 is 1.12 bits per heavy atom. The van der Waals surface area contributed by atoms with Crippen LogP contribution in [0.4, 0.5) is 5.69 Å². The molecule has 0 bridgehead atoms. The van der Waals surface area contributed by atoms with Crippen LogP contribution in [0.5, 0.6) is 0 Å². The van der Waals surface area contributed by atoms with Gasteiger partial charge in [0.25, 0.3) is 0 Å². The van der Waals surface area contributed by atoms with Gasteiger partial charge in [-0.25, -0.2) is 0 Å². The third-order valence-corrected chi connectivity index (χ3v) is 3.53. The molecule has 16 heavy (non-hydrogen) atoms. The Hall–Kier alpha value is -1.22. The van der Waals surface area contributed by atoms with E-state index >= 15 is 0 Å². The standard InChI is InChI=1S/C11H18B2N3/c1-12-14(3)10-16(13(2)15(12)4)11-8-6-5-7-9-11/h5-10H,1-4H3/q+1. The minimum Gasteiger partial charge on any atom is -0.321 e. The lowest BCUT2D eigenvalue weighted by molar-refractivity contribution is -0.356. The zero-order chi connectivity index (χ0) is 11.7. The number of hydrogen-bond acceptors (Lipinski definition) is 2. The zero-order valence-electron chi connectivity index (χ0n) is 10.5. The average molecular weight is 214 g/mol. The Labute approximate surface area is 98.6 Å². The molecule has 0 aliphatic carbocycles. The van der Waals surface area contributed by atoms with Gasteiger partial charge in [0, 0.05) is 0 Å². The highest BCUT2D eigenvalue weighted by Gasteiger charge is 2.41. The molecule has 1 aromatic rings. The van der Waals surface area contributed by atoms with E-state index in [0.29, 0.717) is 14.0 Å². The molecular formula is C11H18B2N3+. The second kappa shape index (κ2) is 4.34. The van der Waals surface area contributed by atoms with Crippen molar-refractivity contribution in [3.8, 4) is 0 Å². The minimum atomic E-state index is 0.383. The number of benzene rings is 1. The van der Waals surface area contributed by atoms with Crippen molar-refractivity contribution in [3.05, 3.63) is 30.3 Å². The Morgan fingerprint density at radius 3 is 2.38 bits per heavy atom. The van der Waals surface area contributed by atoms with Crippen LogP contribution >= 0.6 is 0 Å². The molecule has 1 aliphatic rings. The molecule has 0 atom stereocenters. The second-order valence-electron chi connectivity index (χ2n) is 4.45. The maximum Gasteiger partial charge on any atom is 0.456 e. The summed E-state index contributed by atoms with van der Waals surface area (Å²) in [6.07, 6.45) is 2.19. The molecule has 1 aliphatic heterocycles. The molecule has 0 unspecified atom stereocenters. The highest BCUT2D eigenvalue weighted by Crippen LogP contribution is 2.17. The van der Waals surface area contributed by atoms with E-state index in [2.05, 4.69) is 72.4 Å². The van der Waals surface area contributed by atoms with Crippen LogP contribution in [0.25, 0.3) is 0 Å². The molecular weight excluding hydrogens is 196 g/mol. The topological polar surface area (TPSA) is 9.49 Å². The maximum absolute atomic E-state index is 2.35. The quantitative estimate of drug-likeness (QED) is 0.652. The van der Waals surface area contributed by atoms with Crippen molar-refractivity contribution in [2.45, 2.75) is 13.6 Å². The van der Waals surface area contributed by atoms with Gasteiger partial charge >= 0.3 is 14.0 Å². The lowest BCUT2D eigenvalue weighted by Crippen LogP contribution is -2.62. The van der Waals surface area contributed by atoms with Crippen LogP contribution in [0.15, 0.2) is 30.3 Å². The van der Waals surface area contributed by atoms with Gasteiger partial charge in [0.1, 0.15) is 5.69 Å². The monoisotopic (exact) mass is 214 g/mol. The van der Waals surface area contributed by atoms with Crippen LogP contribution < -0.4 is 4.81 Å². The molecule has 0 spiro atoms. The molecule has 0 amide bonds. The normalized spacial score (nSPS) is 17.8. The first kappa shape index (κ1) is 11.3. The van der Waals surface area contributed by atoms with Gasteiger partial charge in [0.2, 0.25) is 6.34 Å². The van der Waals surface area contributed by atoms with Crippen molar-refractivity contribution in [3.63, 3.8) is 0 Å². The first-order valence-corrected chi connectivity index (χ1v) is 5.73. The van der Waals surface area contributed by atoms with Crippen molar-refractivity contribution < 1.29 is 4.49 Å². The van der Waals surface area contributed by atoms with E-state index in [4.69, 9.17) is 0 Å². The van der Waals surface area contributed by atoms with Crippen molar-refractivity contribution >= 4 is 26.0 Å². The van der Waals surface area contributed by atoms with Gasteiger partial charge in [-0.05, 0) is 32.8 Å². The fraction of sp³-hybridized carbons (Fsp3) is 0.364. The van der Waals surface area contributed by atoms with Crippen molar-refractivity contribution in [1.82, 2.24) is 4.72 Å². The summed E-state index contributed by atoms with van der Waals surface area (Å²) in [5.41, 5.74) is 1.24. The fourth-order valence-electron chi connectivity index (χ4n) is 2.07. The molecule has 0 radical (unpaired) electrons. The maximum atomic E-state index is 2.35. The molecule has 1 aromatic carbocycles. The molecule has 0 saturated heterocycles. The molecule has 0 fully saturated rings. The Kier molecular flexibility index (Phi) is 3.06. The van der Waals surface area contributed by atoms with Gasteiger partial charge < -0.3 is 9.21 Å². The summed E-state index contributed by atoms with van der Waals surface area (Å²) < 4.78 is 4.58. The molecule has 0 aromatic heterocycles. The lowest BCUT2D eigenvalue weighted by atomic mass is 9.60. The molecule has 5 heteroatoms. The molecule has 0 saturated carbocycles. The number of rotatable bonds is 1. The summed E-state index contributed by atoms with van der Waals surface area (Å²) in [5.74, 6) is 0. The second-order valence-corrected chi connectivity index (χ2v) is 4.45. The van der Waals surface area contributed by atoms with E-state index in [1.54, 1.807) is 0 Å². The average Bonchev–Trinajstić information content (AvgIpc) is 2.32. The van der Waals surface area contributed by atoms with Gasteiger partial charge in [-0.2, -0.15) is 0 Å². The number of nitrogens with zero attached hydrogens (tertiary/aromatic N) is 3. The highest BCUT2D eigenvalue weighted by molar-refractivity contribution is 6.74. The Bertz CT molecular complexity index is 393. The van der Waals surface area contributed by atoms with Gasteiger partial charge in [-0.1, -0.05) is 18.2 Å². The van der Waals surface area contributed by atoms with E-state index < -0.39 is 0 Å².